The van der Waals surface area contributed by atoms with Crippen molar-refractivity contribution in [1.29, 1.82) is 0 Å². The van der Waals surface area contributed by atoms with E-state index in [2.05, 4.69) is 4.98 Å². The second kappa shape index (κ2) is 4.21. The number of benzene rings is 1. The molecule has 1 aromatic carbocycles. The molecule has 1 aromatic heterocycles. The molecule has 0 aliphatic heterocycles. The lowest BCUT2D eigenvalue weighted by Crippen LogP contribution is -2.08. The number of hydrogen-bond acceptors (Lipinski definition) is 3. The van der Waals surface area contributed by atoms with Gasteiger partial charge in [0.2, 0.25) is 0 Å². The van der Waals surface area contributed by atoms with E-state index in [1.165, 1.54) is 30.5 Å². The summed E-state index contributed by atoms with van der Waals surface area (Å²) in [4.78, 5) is 3.50. The summed E-state index contributed by atoms with van der Waals surface area (Å²) in [7, 11) is 0. The summed E-state index contributed by atoms with van der Waals surface area (Å²) >= 11 is 0. The molecule has 0 unspecified atom stereocenters. The Morgan fingerprint density at radius 3 is 2.39 bits per heavy atom. The van der Waals surface area contributed by atoms with Crippen LogP contribution in [0, 0.1) is 0 Å². The zero-order valence-corrected chi connectivity index (χ0v) is 9.20. The van der Waals surface area contributed by atoms with Crippen molar-refractivity contribution >= 4 is 11.4 Å². The zero-order valence-electron chi connectivity index (χ0n) is 9.20. The molecule has 0 bridgehead atoms. The van der Waals surface area contributed by atoms with Crippen molar-refractivity contribution in [3.8, 4) is 11.1 Å². The summed E-state index contributed by atoms with van der Waals surface area (Å²) < 4.78 is 38.6. The van der Waals surface area contributed by atoms with Gasteiger partial charge in [0.05, 0.1) is 5.56 Å². The molecule has 2 rings (SSSR count). The highest BCUT2D eigenvalue weighted by atomic mass is 19.4. The Balaban J connectivity index is 2.68. The maximum atomic E-state index is 12.9. The molecular weight excluding hydrogens is 243 g/mol. The van der Waals surface area contributed by atoms with Crippen LogP contribution in [0.5, 0.6) is 0 Å². The minimum atomic E-state index is -4.49. The molecule has 3 nitrogen and oxygen atoms in total. The van der Waals surface area contributed by atoms with Crippen LogP contribution in [-0.4, -0.2) is 4.98 Å². The van der Waals surface area contributed by atoms with Crippen molar-refractivity contribution in [2.24, 2.45) is 0 Å². The summed E-state index contributed by atoms with van der Waals surface area (Å²) in [5.41, 5.74) is 11.2. The standard InChI is InChI=1S/C12H10F3N3/c13-12(14,15)10-6-18-4-3-8(10)9-5-7(16)1-2-11(9)17/h1-6H,16-17H2. The Morgan fingerprint density at radius 1 is 1.00 bits per heavy atom. The molecule has 0 aliphatic rings. The van der Waals surface area contributed by atoms with Gasteiger partial charge in [0.15, 0.2) is 0 Å². The molecule has 1 heterocycles. The van der Waals surface area contributed by atoms with Crippen LogP contribution < -0.4 is 11.5 Å². The fourth-order valence-electron chi connectivity index (χ4n) is 1.66. The van der Waals surface area contributed by atoms with Crippen molar-refractivity contribution in [3.05, 3.63) is 42.2 Å². The van der Waals surface area contributed by atoms with Gasteiger partial charge in [-0.25, -0.2) is 0 Å². The zero-order chi connectivity index (χ0) is 13.3. The summed E-state index contributed by atoms with van der Waals surface area (Å²) in [6.45, 7) is 0. The Morgan fingerprint density at radius 2 is 1.72 bits per heavy atom. The predicted octanol–water partition coefficient (Wildman–Crippen LogP) is 2.93. The number of hydrogen-bond donors (Lipinski definition) is 2. The maximum Gasteiger partial charge on any atom is 0.418 e. The smallest absolute Gasteiger partial charge is 0.399 e. The van der Waals surface area contributed by atoms with Crippen molar-refractivity contribution in [2.75, 3.05) is 11.5 Å². The number of halogens is 3. The highest BCUT2D eigenvalue weighted by molar-refractivity contribution is 5.81. The molecule has 0 saturated carbocycles. The number of anilines is 2. The normalized spacial score (nSPS) is 11.5. The van der Waals surface area contributed by atoms with Crippen LogP contribution in [0.2, 0.25) is 0 Å². The monoisotopic (exact) mass is 253 g/mol. The number of aromatic nitrogens is 1. The van der Waals surface area contributed by atoms with Gasteiger partial charge >= 0.3 is 6.18 Å². The molecule has 0 radical (unpaired) electrons. The third-order valence-electron chi connectivity index (χ3n) is 2.49. The average Bonchev–Trinajstić information content (AvgIpc) is 2.31. The molecule has 6 heteroatoms. The molecular formula is C12H10F3N3. The first-order chi connectivity index (χ1) is 8.39. The van der Waals surface area contributed by atoms with Crippen LogP contribution in [0.1, 0.15) is 5.56 Å². The number of nitrogens with two attached hydrogens (primary N) is 2. The largest absolute Gasteiger partial charge is 0.418 e. The van der Waals surface area contributed by atoms with Gasteiger partial charge < -0.3 is 11.5 Å². The van der Waals surface area contributed by atoms with Crippen LogP contribution >= 0.6 is 0 Å². The number of nitrogen functional groups attached to an aromatic ring is 2. The third-order valence-corrected chi connectivity index (χ3v) is 2.49. The topological polar surface area (TPSA) is 64.9 Å². The van der Waals surface area contributed by atoms with E-state index in [-0.39, 0.29) is 16.8 Å². The van der Waals surface area contributed by atoms with Crippen LogP contribution in [0.15, 0.2) is 36.7 Å². The van der Waals surface area contributed by atoms with E-state index < -0.39 is 11.7 Å². The number of pyridine rings is 1. The van der Waals surface area contributed by atoms with Gasteiger partial charge in [0.25, 0.3) is 0 Å². The second-order valence-corrected chi connectivity index (χ2v) is 3.77. The molecule has 2 aromatic rings. The van der Waals surface area contributed by atoms with Crippen LogP contribution in [0.4, 0.5) is 24.5 Å². The lowest BCUT2D eigenvalue weighted by molar-refractivity contribution is -0.137. The van der Waals surface area contributed by atoms with Gasteiger partial charge in [-0.15, -0.1) is 0 Å². The number of rotatable bonds is 1. The SMILES string of the molecule is Nc1ccc(N)c(-c2ccncc2C(F)(F)F)c1. The second-order valence-electron chi connectivity index (χ2n) is 3.77. The van der Waals surface area contributed by atoms with Gasteiger partial charge in [-0.05, 0) is 29.8 Å². The Kier molecular flexibility index (Phi) is 2.86. The summed E-state index contributed by atoms with van der Waals surface area (Å²) in [6, 6.07) is 5.70. The first-order valence-electron chi connectivity index (χ1n) is 5.06. The average molecular weight is 253 g/mol. The van der Waals surface area contributed by atoms with Crippen LogP contribution in [0.3, 0.4) is 0 Å². The van der Waals surface area contributed by atoms with Gasteiger partial charge in [-0.3, -0.25) is 4.98 Å². The van der Waals surface area contributed by atoms with E-state index in [0.717, 1.165) is 6.20 Å². The van der Waals surface area contributed by atoms with E-state index in [9.17, 15) is 13.2 Å². The van der Waals surface area contributed by atoms with Crippen molar-refractivity contribution < 1.29 is 13.2 Å². The van der Waals surface area contributed by atoms with E-state index in [4.69, 9.17) is 11.5 Å². The van der Waals surface area contributed by atoms with Crippen LogP contribution in [-0.2, 0) is 6.18 Å². The predicted molar refractivity (Wildman–Crippen MR) is 63.5 cm³/mol. The first-order valence-corrected chi connectivity index (χ1v) is 5.06. The molecule has 94 valence electrons. The fourth-order valence-corrected chi connectivity index (χ4v) is 1.66. The summed E-state index contributed by atoms with van der Waals surface area (Å²) in [5.74, 6) is 0. The minimum absolute atomic E-state index is 0.0256. The Labute approximate surface area is 101 Å². The quantitative estimate of drug-likeness (QED) is 0.768. The molecule has 4 N–H and O–H groups in total. The number of alkyl halides is 3. The van der Waals surface area contributed by atoms with Crippen molar-refractivity contribution in [3.63, 3.8) is 0 Å². The highest BCUT2D eigenvalue weighted by Crippen LogP contribution is 2.38. The molecule has 0 atom stereocenters. The van der Waals surface area contributed by atoms with E-state index in [0.29, 0.717) is 5.69 Å². The molecule has 0 aliphatic carbocycles. The Bertz CT molecular complexity index is 579. The molecule has 18 heavy (non-hydrogen) atoms. The van der Waals surface area contributed by atoms with E-state index in [1.54, 1.807) is 0 Å². The van der Waals surface area contributed by atoms with Crippen LogP contribution in [0.25, 0.3) is 11.1 Å². The van der Waals surface area contributed by atoms with Gasteiger partial charge in [-0.1, -0.05) is 0 Å². The third kappa shape index (κ3) is 2.22. The summed E-state index contributed by atoms with van der Waals surface area (Å²) in [5, 5.41) is 0. The van der Waals surface area contributed by atoms with Gasteiger partial charge in [0, 0.05) is 29.3 Å². The first kappa shape index (κ1) is 12.2. The molecule has 0 amide bonds. The fraction of sp³-hybridized carbons (Fsp3) is 0.0833. The summed E-state index contributed by atoms with van der Waals surface area (Å²) in [6.07, 6.45) is -2.42. The molecule has 0 fully saturated rings. The highest BCUT2D eigenvalue weighted by Gasteiger charge is 2.34. The maximum absolute atomic E-state index is 12.9. The lowest BCUT2D eigenvalue weighted by atomic mass is 9.99. The van der Waals surface area contributed by atoms with Gasteiger partial charge in [-0.2, -0.15) is 13.2 Å². The van der Waals surface area contributed by atoms with E-state index >= 15 is 0 Å². The molecule has 0 saturated heterocycles. The Hall–Kier alpha value is -2.24. The van der Waals surface area contributed by atoms with E-state index in [1.807, 2.05) is 0 Å². The lowest BCUT2D eigenvalue weighted by Gasteiger charge is -2.14. The van der Waals surface area contributed by atoms with Crippen molar-refractivity contribution in [2.45, 2.75) is 6.18 Å². The molecule has 0 spiro atoms. The number of nitrogens with zero attached hydrogens (tertiary/aromatic N) is 1. The van der Waals surface area contributed by atoms with Gasteiger partial charge in [0.1, 0.15) is 0 Å². The van der Waals surface area contributed by atoms with Crippen molar-refractivity contribution in [1.82, 2.24) is 4.98 Å². The minimum Gasteiger partial charge on any atom is -0.399 e.